The monoisotopic (exact) mass is 363 g/mol. The molecule has 1 saturated heterocycles. The molecule has 0 atom stereocenters. The van der Waals surface area contributed by atoms with E-state index >= 15 is 0 Å². The van der Waals surface area contributed by atoms with E-state index in [1.54, 1.807) is 0 Å². The van der Waals surface area contributed by atoms with E-state index in [1.165, 1.54) is 31.5 Å². The summed E-state index contributed by atoms with van der Waals surface area (Å²) in [5, 5.41) is 0. The Labute approximate surface area is 149 Å². The molecule has 1 aromatic heterocycles. The summed E-state index contributed by atoms with van der Waals surface area (Å²) in [6, 6.07) is 4.80. The molecule has 0 unspecified atom stereocenters. The number of hydrogen-bond acceptors (Lipinski definition) is 6. The minimum absolute atomic E-state index is 0.0462. The van der Waals surface area contributed by atoms with Crippen LogP contribution in [0.15, 0.2) is 30.5 Å². The second-order valence-electron chi connectivity index (χ2n) is 6.01. The number of hydrogen-bond donors (Lipinski definition) is 1. The Hall–Kier alpha value is -2.90. The first kappa shape index (κ1) is 17.9. The minimum Gasteiger partial charge on any atom is -0.487 e. The molecule has 6 nitrogen and oxygen atoms in total. The SMILES string of the molecule is COC(=O)c1cnc(N2CCC(Oc3ccc(F)cc3F)CC2)c(N)c1. The number of nitrogens with zero attached hydrogens (tertiary/aromatic N) is 2. The summed E-state index contributed by atoms with van der Waals surface area (Å²) in [6.45, 7) is 1.23. The second-order valence-corrected chi connectivity index (χ2v) is 6.01. The van der Waals surface area contributed by atoms with E-state index in [1.807, 2.05) is 4.90 Å². The number of methoxy groups -OCH3 is 1. The van der Waals surface area contributed by atoms with Crippen LogP contribution in [0.5, 0.6) is 5.75 Å². The van der Waals surface area contributed by atoms with Gasteiger partial charge < -0.3 is 20.1 Å². The molecule has 1 aromatic carbocycles. The summed E-state index contributed by atoms with van der Waals surface area (Å²) < 4.78 is 36.9. The number of carbonyl (C=O) groups is 1. The largest absolute Gasteiger partial charge is 0.487 e. The van der Waals surface area contributed by atoms with Crippen molar-refractivity contribution in [2.24, 2.45) is 0 Å². The van der Waals surface area contributed by atoms with E-state index in [4.69, 9.17) is 10.5 Å². The maximum Gasteiger partial charge on any atom is 0.339 e. The number of aromatic nitrogens is 1. The lowest BCUT2D eigenvalue weighted by Gasteiger charge is -2.33. The third-order valence-corrected chi connectivity index (χ3v) is 4.25. The Morgan fingerprint density at radius 3 is 2.62 bits per heavy atom. The molecule has 0 amide bonds. The van der Waals surface area contributed by atoms with Crippen molar-refractivity contribution < 1.29 is 23.0 Å². The predicted molar refractivity (Wildman–Crippen MR) is 92.2 cm³/mol. The summed E-state index contributed by atoms with van der Waals surface area (Å²) in [4.78, 5) is 17.8. The fourth-order valence-corrected chi connectivity index (χ4v) is 2.90. The third kappa shape index (κ3) is 3.84. The lowest BCUT2D eigenvalue weighted by Crippen LogP contribution is -2.39. The molecule has 2 aromatic rings. The summed E-state index contributed by atoms with van der Waals surface area (Å²) in [5.41, 5.74) is 6.69. The zero-order chi connectivity index (χ0) is 18.7. The standard InChI is InChI=1S/C18H19F2N3O3/c1-25-18(24)11-8-15(21)17(22-10-11)23-6-4-13(5-7-23)26-16-3-2-12(19)9-14(16)20/h2-3,8-10,13H,4-7,21H2,1H3. The van der Waals surface area contributed by atoms with Crippen molar-refractivity contribution in [3.63, 3.8) is 0 Å². The molecule has 26 heavy (non-hydrogen) atoms. The highest BCUT2D eigenvalue weighted by molar-refractivity contribution is 5.90. The molecule has 3 rings (SSSR count). The van der Waals surface area contributed by atoms with Gasteiger partial charge in [0.15, 0.2) is 17.4 Å². The van der Waals surface area contributed by atoms with E-state index in [2.05, 4.69) is 9.72 Å². The molecule has 0 bridgehead atoms. The number of nitrogen functional groups attached to an aromatic ring is 1. The number of pyridine rings is 1. The summed E-state index contributed by atoms with van der Waals surface area (Å²) in [6.07, 6.45) is 2.52. The predicted octanol–water partition coefficient (Wildman–Crippen LogP) is 2.78. The van der Waals surface area contributed by atoms with Crippen LogP contribution < -0.4 is 15.4 Å². The summed E-state index contributed by atoms with van der Waals surface area (Å²) >= 11 is 0. The Bertz CT molecular complexity index is 808. The number of carbonyl (C=O) groups excluding carboxylic acids is 1. The van der Waals surface area contributed by atoms with Gasteiger partial charge in [0.05, 0.1) is 18.4 Å². The van der Waals surface area contributed by atoms with E-state index in [-0.39, 0.29) is 11.9 Å². The smallest absolute Gasteiger partial charge is 0.339 e. The van der Waals surface area contributed by atoms with E-state index in [9.17, 15) is 13.6 Å². The fourth-order valence-electron chi connectivity index (χ4n) is 2.90. The van der Waals surface area contributed by atoms with Crippen LogP contribution in [-0.4, -0.2) is 37.3 Å². The number of piperidine rings is 1. The van der Waals surface area contributed by atoms with Gasteiger partial charge in [-0.05, 0) is 18.2 Å². The van der Waals surface area contributed by atoms with E-state index in [0.717, 1.165) is 6.07 Å². The van der Waals surface area contributed by atoms with Gasteiger partial charge in [-0.1, -0.05) is 0 Å². The quantitative estimate of drug-likeness (QED) is 0.842. The normalized spacial score (nSPS) is 15.0. The molecule has 1 aliphatic heterocycles. The summed E-state index contributed by atoms with van der Waals surface area (Å²) in [7, 11) is 1.29. The van der Waals surface area contributed by atoms with Gasteiger partial charge in [0.25, 0.3) is 0 Å². The maximum absolute atomic E-state index is 13.7. The Morgan fingerprint density at radius 1 is 1.27 bits per heavy atom. The molecule has 0 saturated carbocycles. The minimum atomic E-state index is -0.711. The zero-order valence-electron chi connectivity index (χ0n) is 14.2. The fraction of sp³-hybridized carbons (Fsp3) is 0.333. The average Bonchev–Trinajstić information content (AvgIpc) is 2.64. The van der Waals surface area contributed by atoms with Crippen molar-refractivity contribution in [2.45, 2.75) is 18.9 Å². The number of anilines is 2. The highest BCUT2D eigenvalue weighted by atomic mass is 19.1. The van der Waals surface area contributed by atoms with Gasteiger partial charge in [0.1, 0.15) is 11.9 Å². The van der Waals surface area contributed by atoms with Crippen LogP contribution in [-0.2, 0) is 4.74 Å². The van der Waals surface area contributed by atoms with Crippen molar-refractivity contribution in [1.82, 2.24) is 4.98 Å². The first-order valence-electron chi connectivity index (χ1n) is 8.18. The lowest BCUT2D eigenvalue weighted by atomic mass is 10.1. The van der Waals surface area contributed by atoms with Gasteiger partial charge in [0.2, 0.25) is 0 Å². The molecule has 2 N–H and O–H groups in total. The first-order valence-corrected chi connectivity index (χ1v) is 8.18. The van der Waals surface area contributed by atoms with Crippen molar-refractivity contribution >= 4 is 17.5 Å². The number of halogens is 2. The van der Waals surface area contributed by atoms with Crippen LogP contribution in [0, 0.1) is 11.6 Å². The van der Waals surface area contributed by atoms with Crippen LogP contribution in [0.25, 0.3) is 0 Å². The van der Waals surface area contributed by atoms with Crippen molar-refractivity contribution in [3.05, 3.63) is 47.7 Å². The van der Waals surface area contributed by atoms with Crippen molar-refractivity contribution in [2.75, 3.05) is 30.8 Å². The molecule has 138 valence electrons. The van der Waals surface area contributed by atoms with Crippen molar-refractivity contribution in [3.8, 4) is 5.75 Å². The van der Waals surface area contributed by atoms with Gasteiger partial charge in [-0.25, -0.2) is 18.6 Å². The molecule has 1 aliphatic rings. The average molecular weight is 363 g/mol. The van der Waals surface area contributed by atoms with Crippen LogP contribution in [0.2, 0.25) is 0 Å². The van der Waals surface area contributed by atoms with Crippen LogP contribution in [0.3, 0.4) is 0 Å². The molecule has 0 spiro atoms. The zero-order valence-corrected chi connectivity index (χ0v) is 14.2. The Morgan fingerprint density at radius 2 is 2.00 bits per heavy atom. The number of benzene rings is 1. The van der Waals surface area contributed by atoms with E-state index in [0.29, 0.717) is 43.0 Å². The van der Waals surface area contributed by atoms with Gasteiger partial charge in [-0.2, -0.15) is 0 Å². The molecular weight excluding hydrogens is 344 g/mol. The molecule has 2 heterocycles. The topological polar surface area (TPSA) is 77.7 Å². The number of rotatable bonds is 4. The molecular formula is C18H19F2N3O3. The summed E-state index contributed by atoms with van der Waals surface area (Å²) in [5.74, 6) is -1.21. The first-order chi connectivity index (χ1) is 12.5. The van der Waals surface area contributed by atoms with Gasteiger partial charge >= 0.3 is 5.97 Å². The van der Waals surface area contributed by atoms with Crippen molar-refractivity contribution in [1.29, 1.82) is 0 Å². The Kier molecular flexibility index (Phi) is 5.20. The number of esters is 1. The van der Waals surface area contributed by atoms with Gasteiger partial charge in [-0.3, -0.25) is 0 Å². The molecule has 8 heteroatoms. The van der Waals surface area contributed by atoms with Gasteiger partial charge in [0, 0.05) is 38.2 Å². The second kappa shape index (κ2) is 7.55. The lowest BCUT2D eigenvalue weighted by molar-refractivity contribution is 0.0600. The molecule has 0 radical (unpaired) electrons. The highest BCUT2D eigenvalue weighted by Crippen LogP contribution is 2.27. The molecule has 1 fully saturated rings. The third-order valence-electron chi connectivity index (χ3n) is 4.25. The highest BCUT2D eigenvalue weighted by Gasteiger charge is 2.24. The number of ether oxygens (including phenoxy) is 2. The Balaban J connectivity index is 1.62. The van der Waals surface area contributed by atoms with Gasteiger partial charge in [-0.15, -0.1) is 0 Å². The van der Waals surface area contributed by atoms with Crippen LogP contribution in [0.1, 0.15) is 23.2 Å². The maximum atomic E-state index is 13.7. The molecule has 0 aliphatic carbocycles. The van der Waals surface area contributed by atoms with Crippen LogP contribution in [0.4, 0.5) is 20.3 Å². The number of nitrogens with two attached hydrogens (primary N) is 1. The van der Waals surface area contributed by atoms with E-state index < -0.39 is 17.6 Å². The van der Waals surface area contributed by atoms with Crippen LogP contribution >= 0.6 is 0 Å².